The molecule has 2 aromatic rings. The van der Waals surface area contributed by atoms with E-state index in [1.807, 2.05) is 0 Å². The van der Waals surface area contributed by atoms with Crippen LogP contribution in [0.15, 0.2) is 28.7 Å². The van der Waals surface area contributed by atoms with Crippen molar-refractivity contribution in [1.29, 1.82) is 0 Å². The smallest absolute Gasteiger partial charge is 0.201 e. The Bertz CT molecular complexity index is 1260. The van der Waals surface area contributed by atoms with E-state index >= 15 is 0 Å². The summed E-state index contributed by atoms with van der Waals surface area (Å²) in [5.74, 6) is 7.70. The lowest BCUT2D eigenvalue weighted by molar-refractivity contribution is 0.299. The molecule has 0 aromatic heterocycles. The van der Waals surface area contributed by atoms with Crippen LogP contribution in [0, 0.1) is 71.1 Å². The molecule has 2 aliphatic carbocycles. The van der Waals surface area contributed by atoms with Gasteiger partial charge in [0.1, 0.15) is 0 Å². The molecule has 2 nitrogen and oxygen atoms in total. The third-order valence-corrected chi connectivity index (χ3v) is 8.99. The molecule has 248 valence electrons. The summed E-state index contributed by atoms with van der Waals surface area (Å²) in [5.41, 5.74) is 0.122. The SMILES string of the molecule is C#CC1CCC(CCC)CC1.CCCC1CCC(C#Cc2ccc(OCC)c(F)c2F)CC1.CCOc1ccc(Br)c(F)c1F. The van der Waals surface area contributed by atoms with Crippen LogP contribution in [0.4, 0.5) is 17.6 Å². The molecule has 0 spiro atoms. The maximum absolute atomic E-state index is 13.9. The van der Waals surface area contributed by atoms with E-state index < -0.39 is 23.3 Å². The zero-order valence-electron chi connectivity index (χ0n) is 27.3. The molecule has 2 aliphatic rings. The van der Waals surface area contributed by atoms with Gasteiger partial charge in [-0.2, -0.15) is 8.78 Å². The number of hydrogen-bond acceptors (Lipinski definition) is 2. The number of benzene rings is 2. The van der Waals surface area contributed by atoms with Gasteiger partial charge in [-0.1, -0.05) is 51.4 Å². The summed E-state index contributed by atoms with van der Waals surface area (Å²) in [6.45, 7) is 8.56. The molecule has 0 saturated heterocycles. The van der Waals surface area contributed by atoms with Crippen LogP contribution in [0.25, 0.3) is 0 Å². The zero-order valence-corrected chi connectivity index (χ0v) is 28.9. The highest BCUT2D eigenvalue weighted by atomic mass is 79.9. The highest BCUT2D eigenvalue weighted by Crippen LogP contribution is 2.32. The molecule has 0 aliphatic heterocycles. The summed E-state index contributed by atoms with van der Waals surface area (Å²) in [5, 5.41) is 0. The second kappa shape index (κ2) is 21.2. The van der Waals surface area contributed by atoms with Crippen LogP contribution >= 0.6 is 15.9 Å². The van der Waals surface area contributed by atoms with E-state index in [1.165, 1.54) is 88.5 Å². The summed E-state index contributed by atoms with van der Waals surface area (Å²) in [7, 11) is 0. The Morgan fingerprint density at radius 3 is 1.60 bits per heavy atom. The predicted molar refractivity (Wildman–Crippen MR) is 179 cm³/mol. The van der Waals surface area contributed by atoms with Gasteiger partial charge in [-0.3, -0.25) is 0 Å². The molecule has 2 aromatic carbocycles. The number of halogens is 5. The first-order valence-electron chi connectivity index (χ1n) is 16.5. The normalized spacial score (nSPS) is 20.6. The lowest BCUT2D eigenvalue weighted by Gasteiger charge is -2.25. The minimum atomic E-state index is -0.953. The average molecular weight is 694 g/mol. The highest BCUT2D eigenvalue weighted by Gasteiger charge is 2.20. The average Bonchev–Trinajstić information content (AvgIpc) is 3.05. The molecule has 2 saturated carbocycles. The Kier molecular flexibility index (Phi) is 18.2. The van der Waals surface area contributed by atoms with E-state index in [4.69, 9.17) is 15.9 Å². The number of ether oxygens (including phenoxy) is 2. The van der Waals surface area contributed by atoms with Crippen molar-refractivity contribution < 1.29 is 27.0 Å². The molecular weight excluding hydrogens is 644 g/mol. The van der Waals surface area contributed by atoms with E-state index in [0.29, 0.717) is 25.0 Å². The largest absolute Gasteiger partial charge is 0.491 e. The van der Waals surface area contributed by atoms with Crippen LogP contribution in [0.3, 0.4) is 0 Å². The van der Waals surface area contributed by atoms with Gasteiger partial charge in [-0.25, -0.2) is 8.78 Å². The second-order valence-electron chi connectivity index (χ2n) is 11.7. The molecule has 0 N–H and O–H groups in total. The molecule has 0 atom stereocenters. The summed E-state index contributed by atoms with van der Waals surface area (Å²) < 4.78 is 63.4. The molecule has 0 heterocycles. The number of hydrogen-bond donors (Lipinski definition) is 0. The third kappa shape index (κ3) is 12.9. The number of terminal acetylenes is 1. The summed E-state index contributed by atoms with van der Waals surface area (Å²) in [4.78, 5) is 0. The van der Waals surface area contributed by atoms with E-state index in [1.54, 1.807) is 13.8 Å². The Balaban J connectivity index is 0.000000259. The van der Waals surface area contributed by atoms with E-state index in [-0.39, 0.29) is 21.5 Å². The Labute approximate surface area is 277 Å². The Morgan fingerprint density at radius 2 is 1.13 bits per heavy atom. The molecular formula is C38H49BrF4O2. The number of rotatable bonds is 8. The van der Waals surface area contributed by atoms with Gasteiger partial charge in [0.05, 0.1) is 23.2 Å². The van der Waals surface area contributed by atoms with E-state index in [2.05, 4.69) is 47.5 Å². The molecule has 0 unspecified atom stereocenters. The summed E-state index contributed by atoms with van der Waals surface area (Å²) in [6, 6.07) is 5.73. The highest BCUT2D eigenvalue weighted by molar-refractivity contribution is 9.10. The van der Waals surface area contributed by atoms with E-state index in [0.717, 1.165) is 24.7 Å². The first-order valence-corrected chi connectivity index (χ1v) is 17.3. The van der Waals surface area contributed by atoms with Crippen molar-refractivity contribution in [1.82, 2.24) is 0 Å². The Morgan fingerprint density at radius 1 is 0.667 bits per heavy atom. The van der Waals surface area contributed by atoms with Crippen molar-refractivity contribution in [2.45, 2.75) is 105 Å². The second-order valence-corrected chi connectivity index (χ2v) is 12.6. The fraction of sp³-hybridized carbons (Fsp3) is 0.579. The van der Waals surface area contributed by atoms with Crippen molar-refractivity contribution in [3.8, 4) is 35.7 Å². The van der Waals surface area contributed by atoms with Crippen molar-refractivity contribution in [3.63, 3.8) is 0 Å². The van der Waals surface area contributed by atoms with Crippen molar-refractivity contribution in [2.75, 3.05) is 13.2 Å². The van der Waals surface area contributed by atoms with Gasteiger partial charge in [-0.05, 0) is 117 Å². The van der Waals surface area contributed by atoms with Gasteiger partial charge in [0.15, 0.2) is 23.1 Å². The van der Waals surface area contributed by atoms with Gasteiger partial charge in [0.2, 0.25) is 11.6 Å². The zero-order chi connectivity index (χ0) is 33.2. The lowest BCUT2D eigenvalue weighted by Crippen LogP contribution is -2.13. The molecule has 4 rings (SSSR count). The maximum atomic E-state index is 13.9. The van der Waals surface area contributed by atoms with Crippen molar-refractivity contribution >= 4 is 15.9 Å². The molecule has 0 radical (unpaired) electrons. The fourth-order valence-electron chi connectivity index (χ4n) is 5.88. The van der Waals surface area contributed by atoms with Crippen LogP contribution in [-0.2, 0) is 0 Å². The third-order valence-electron chi connectivity index (χ3n) is 8.38. The van der Waals surface area contributed by atoms with Crippen molar-refractivity contribution in [2.24, 2.45) is 23.7 Å². The van der Waals surface area contributed by atoms with Crippen LogP contribution in [0.1, 0.15) is 110 Å². The van der Waals surface area contributed by atoms with Crippen LogP contribution in [0.5, 0.6) is 11.5 Å². The molecule has 45 heavy (non-hydrogen) atoms. The molecule has 7 heteroatoms. The molecule has 0 bridgehead atoms. The van der Waals surface area contributed by atoms with E-state index in [9.17, 15) is 17.6 Å². The quantitative estimate of drug-likeness (QED) is 0.156. The van der Waals surface area contributed by atoms with Crippen molar-refractivity contribution in [3.05, 3.63) is 57.6 Å². The summed E-state index contributed by atoms with van der Waals surface area (Å²) in [6.07, 6.45) is 20.5. The van der Waals surface area contributed by atoms with Gasteiger partial charge < -0.3 is 9.47 Å². The van der Waals surface area contributed by atoms with Gasteiger partial charge >= 0.3 is 0 Å². The Hall–Kier alpha value is -2.64. The van der Waals surface area contributed by atoms with Crippen LogP contribution in [0.2, 0.25) is 0 Å². The van der Waals surface area contributed by atoms with Crippen LogP contribution < -0.4 is 9.47 Å². The monoisotopic (exact) mass is 692 g/mol. The van der Waals surface area contributed by atoms with Gasteiger partial charge in [0.25, 0.3) is 0 Å². The predicted octanol–water partition coefficient (Wildman–Crippen LogP) is 11.7. The van der Waals surface area contributed by atoms with Crippen LogP contribution in [-0.4, -0.2) is 13.2 Å². The molecule has 0 amide bonds. The fourth-order valence-corrected chi connectivity index (χ4v) is 6.19. The molecule has 2 fully saturated rings. The maximum Gasteiger partial charge on any atom is 0.201 e. The minimum absolute atomic E-state index is 0.0503. The first kappa shape index (κ1) is 38.5. The minimum Gasteiger partial charge on any atom is -0.491 e. The summed E-state index contributed by atoms with van der Waals surface area (Å²) >= 11 is 2.86. The standard InChI is InChI=1S/C19H24F2O.C11H18.C8H7BrF2O/c1-3-5-14-6-8-15(9-7-14)10-11-16-12-13-17(22-4-2)19(21)18(16)20;1-3-5-11-8-6-10(4-2)7-9-11;1-2-12-6-4-3-5(9)7(10)8(6)11/h12-15H,3-9H2,1-2H3;2,10-11H,3,5-9H2,1H3;3-4H,2H2,1H3. The first-order chi connectivity index (χ1) is 21.7. The lowest BCUT2D eigenvalue weighted by atomic mass is 9.80. The topological polar surface area (TPSA) is 18.5 Å². The van der Waals surface area contributed by atoms with Gasteiger partial charge in [0, 0.05) is 11.8 Å². The van der Waals surface area contributed by atoms with Gasteiger partial charge in [-0.15, -0.1) is 12.3 Å².